The van der Waals surface area contributed by atoms with Gasteiger partial charge >= 0.3 is 0 Å². The van der Waals surface area contributed by atoms with Gasteiger partial charge in [0, 0.05) is 43.2 Å². The third-order valence-corrected chi connectivity index (χ3v) is 3.78. The van der Waals surface area contributed by atoms with Crippen LogP contribution in [0.15, 0.2) is 18.5 Å². The number of fused-ring (bicyclic) bond motifs is 1. The Hall–Kier alpha value is -1.26. The normalized spacial score (nSPS) is 13.9. The molecule has 3 rings (SSSR count). The number of hydrogen-bond donors (Lipinski definition) is 1. The first kappa shape index (κ1) is 12.2. The van der Waals surface area contributed by atoms with Crippen LogP contribution in [0.25, 0.3) is 10.4 Å². The molecule has 17 heavy (non-hydrogen) atoms. The minimum absolute atomic E-state index is 0. The highest BCUT2D eigenvalue weighted by Gasteiger charge is 2.11. The number of aromatic nitrogens is 2. The molecule has 0 aromatic carbocycles. The Bertz CT molecular complexity index is 519. The lowest BCUT2D eigenvalue weighted by Crippen LogP contribution is -2.24. The van der Waals surface area contributed by atoms with Crippen molar-refractivity contribution in [1.29, 1.82) is 0 Å². The van der Waals surface area contributed by atoms with E-state index in [1.54, 1.807) is 11.3 Å². The lowest BCUT2D eigenvalue weighted by molar-refractivity contribution is 0.630. The van der Waals surface area contributed by atoms with E-state index in [0.717, 1.165) is 24.5 Å². The van der Waals surface area contributed by atoms with E-state index in [1.807, 2.05) is 19.3 Å². The maximum Gasteiger partial charge on any atom is 0.0900 e. The van der Waals surface area contributed by atoms with Crippen LogP contribution in [0.1, 0.15) is 23.7 Å². The number of aryl methyl sites for hydroxylation is 1. The van der Waals surface area contributed by atoms with Gasteiger partial charge < -0.3 is 5.32 Å². The molecule has 0 bridgehead atoms. The molecule has 1 aliphatic heterocycles. The van der Waals surface area contributed by atoms with Gasteiger partial charge in [-0.05, 0) is 18.6 Å². The van der Waals surface area contributed by atoms with Gasteiger partial charge in [-0.1, -0.05) is 7.43 Å². The summed E-state index contributed by atoms with van der Waals surface area (Å²) in [5.74, 6) is 0. The average Bonchev–Trinajstić information content (AvgIpc) is 2.75. The highest BCUT2D eigenvalue weighted by molar-refractivity contribution is 7.15. The van der Waals surface area contributed by atoms with Gasteiger partial charge in [0.1, 0.15) is 0 Å². The summed E-state index contributed by atoms with van der Waals surface area (Å²) >= 11 is 1.72. The zero-order chi connectivity index (χ0) is 11.0. The van der Waals surface area contributed by atoms with E-state index in [1.165, 1.54) is 21.7 Å². The highest BCUT2D eigenvalue weighted by atomic mass is 32.1. The minimum atomic E-state index is 0. The largest absolute Gasteiger partial charge is 0.312 e. The van der Waals surface area contributed by atoms with E-state index in [0.29, 0.717) is 0 Å². The molecule has 1 aliphatic rings. The molecule has 0 unspecified atom stereocenters. The van der Waals surface area contributed by atoms with Crippen LogP contribution >= 0.6 is 11.3 Å². The van der Waals surface area contributed by atoms with Crippen molar-refractivity contribution in [3.05, 3.63) is 34.7 Å². The Kier molecular flexibility index (Phi) is 3.54. The van der Waals surface area contributed by atoms with Crippen LogP contribution in [-0.4, -0.2) is 16.5 Å². The quantitative estimate of drug-likeness (QED) is 0.842. The van der Waals surface area contributed by atoms with Crippen LogP contribution in [0.2, 0.25) is 0 Å². The van der Waals surface area contributed by atoms with Gasteiger partial charge in [-0.15, -0.1) is 11.3 Å². The Balaban J connectivity index is 0.00000108. The fourth-order valence-corrected chi connectivity index (χ4v) is 2.73. The van der Waals surface area contributed by atoms with Gasteiger partial charge in [0.15, 0.2) is 0 Å². The molecule has 0 amide bonds. The van der Waals surface area contributed by atoms with E-state index in [4.69, 9.17) is 0 Å². The van der Waals surface area contributed by atoms with Crippen LogP contribution in [0.3, 0.4) is 0 Å². The SMILES string of the molecule is C.Cc1ncc(-c2cnc3c(c2)CNCC3)s1. The molecule has 0 spiro atoms. The fraction of sp³-hybridized carbons (Fsp3) is 0.385. The molecule has 2 aromatic heterocycles. The molecule has 0 saturated heterocycles. The molecule has 0 saturated carbocycles. The maximum absolute atomic E-state index is 4.54. The molecule has 0 aliphatic carbocycles. The van der Waals surface area contributed by atoms with Gasteiger partial charge in [-0.25, -0.2) is 4.98 Å². The molecule has 0 atom stereocenters. The number of thiazole rings is 1. The molecular formula is C13H17N3S. The predicted octanol–water partition coefficient (Wildman–Crippen LogP) is 2.80. The summed E-state index contributed by atoms with van der Waals surface area (Å²) in [6.07, 6.45) is 4.94. The summed E-state index contributed by atoms with van der Waals surface area (Å²) in [6, 6.07) is 2.24. The minimum Gasteiger partial charge on any atom is -0.312 e. The molecule has 3 heterocycles. The number of hydrogen-bond acceptors (Lipinski definition) is 4. The van der Waals surface area contributed by atoms with E-state index >= 15 is 0 Å². The van der Waals surface area contributed by atoms with Gasteiger partial charge in [0.05, 0.1) is 9.88 Å². The molecule has 2 aromatic rings. The summed E-state index contributed by atoms with van der Waals surface area (Å²) in [7, 11) is 0. The molecule has 1 N–H and O–H groups in total. The molecule has 90 valence electrons. The molecule has 0 fully saturated rings. The predicted molar refractivity (Wildman–Crippen MR) is 72.2 cm³/mol. The summed E-state index contributed by atoms with van der Waals surface area (Å²) < 4.78 is 0. The van der Waals surface area contributed by atoms with Crippen molar-refractivity contribution in [1.82, 2.24) is 15.3 Å². The van der Waals surface area contributed by atoms with Crippen molar-refractivity contribution >= 4 is 11.3 Å². The van der Waals surface area contributed by atoms with Crippen LogP contribution in [0.5, 0.6) is 0 Å². The van der Waals surface area contributed by atoms with E-state index in [2.05, 4.69) is 21.4 Å². The lowest BCUT2D eigenvalue weighted by Gasteiger charge is -2.16. The van der Waals surface area contributed by atoms with Crippen molar-refractivity contribution in [2.24, 2.45) is 0 Å². The summed E-state index contributed by atoms with van der Waals surface area (Å²) in [5, 5.41) is 4.48. The van der Waals surface area contributed by atoms with E-state index in [9.17, 15) is 0 Å². The topological polar surface area (TPSA) is 37.8 Å². The van der Waals surface area contributed by atoms with Gasteiger partial charge in [0.2, 0.25) is 0 Å². The fourth-order valence-electron chi connectivity index (χ4n) is 1.98. The Morgan fingerprint density at radius 2 is 2.18 bits per heavy atom. The van der Waals surface area contributed by atoms with Gasteiger partial charge in [0.25, 0.3) is 0 Å². The molecular weight excluding hydrogens is 230 g/mol. The third-order valence-electron chi connectivity index (χ3n) is 2.82. The van der Waals surface area contributed by atoms with Crippen molar-refractivity contribution in [2.45, 2.75) is 27.3 Å². The third kappa shape index (κ3) is 2.37. The lowest BCUT2D eigenvalue weighted by atomic mass is 10.1. The highest BCUT2D eigenvalue weighted by Crippen LogP contribution is 2.27. The van der Waals surface area contributed by atoms with Crippen LogP contribution in [0, 0.1) is 6.92 Å². The number of nitrogens with zero attached hydrogens (tertiary/aromatic N) is 2. The van der Waals surface area contributed by atoms with Crippen molar-refractivity contribution in [2.75, 3.05) is 6.54 Å². The standard InChI is InChI=1S/C12H13N3S.CH4/c1-8-14-7-12(16-8)10-4-9-5-13-3-2-11(9)15-6-10;/h4,6-7,13H,2-3,5H2,1H3;1H4. The van der Waals surface area contributed by atoms with E-state index < -0.39 is 0 Å². The Morgan fingerprint density at radius 1 is 1.29 bits per heavy atom. The summed E-state index contributed by atoms with van der Waals surface area (Å²) in [4.78, 5) is 10.0. The average molecular weight is 247 g/mol. The van der Waals surface area contributed by atoms with Crippen LogP contribution in [0.4, 0.5) is 0 Å². The molecule has 0 radical (unpaired) electrons. The first-order valence-electron chi connectivity index (χ1n) is 5.44. The van der Waals surface area contributed by atoms with Crippen molar-refractivity contribution in [3.63, 3.8) is 0 Å². The molecule has 4 heteroatoms. The summed E-state index contributed by atoms with van der Waals surface area (Å²) in [5.41, 5.74) is 3.76. The Morgan fingerprint density at radius 3 is 2.94 bits per heavy atom. The maximum atomic E-state index is 4.54. The number of nitrogens with one attached hydrogen (secondary N) is 1. The first-order chi connectivity index (χ1) is 7.83. The van der Waals surface area contributed by atoms with Gasteiger partial charge in [-0.2, -0.15) is 0 Å². The smallest absolute Gasteiger partial charge is 0.0900 e. The zero-order valence-electron chi connectivity index (χ0n) is 9.16. The van der Waals surface area contributed by atoms with Crippen molar-refractivity contribution < 1.29 is 0 Å². The zero-order valence-corrected chi connectivity index (χ0v) is 9.97. The van der Waals surface area contributed by atoms with Crippen molar-refractivity contribution in [3.8, 4) is 10.4 Å². The summed E-state index contributed by atoms with van der Waals surface area (Å²) in [6.45, 7) is 4.01. The van der Waals surface area contributed by atoms with Crippen LogP contribution < -0.4 is 5.32 Å². The second-order valence-corrected chi connectivity index (χ2v) is 5.23. The Labute approximate surface area is 106 Å². The van der Waals surface area contributed by atoms with E-state index in [-0.39, 0.29) is 7.43 Å². The second kappa shape index (κ2) is 4.94. The second-order valence-electron chi connectivity index (χ2n) is 4.00. The number of pyridine rings is 1. The van der Waals surface area contributed by atoms with Gasteiger partial charge in [-0.3, -0.25) is 4.98 Å². The first-order valence-corrected chi connectivity index (χ1v) is 6.26. The monoisotopic (exact) mass is 247 g/mol. The van der Waals surface area contributed by atoms with Crippen LogP contribution in [-0.2, 0) is 13.0 Å². The molecule has 3 nitrogen and oxygen atoms in total. The number of rotatable bonds is 1.